The van der Waals surface area contributed by atoms with Gasteiger partial charge in [0.2, 0.25) is 0 Å². The van der Waals surface area contributed by atoms with Crippen LogP contribution in [0.3, 0.4) is 0 Å². The number of thiazole rings is 1. The highest BCUT2D eigenvalue weighted by atomic mass is 35.5. The predicted molar refractivity (Wildman–Crippen MR) is 79.9 cm³/mol. The van der Waals surface area contributed by atoms with Gasteiger partial charge < -0.3 is 4.74 Å². The monoisotopic (exact) mass is 307 g/mol. The Bertz CT molecular complexity index is 711. The average Bonchev–Trinajstić information content (AvgIpc) is 2.88. The zero-order valence-corrected chi connectivity index (χ0v) is 12.0. The fraction of sp³-hybridized carbons (Fsp3) is 0.133. The second-order valence-electron chi connectivity index (χ2n) is 4.23. The molecule has 0 aliphatic heterocycles. The molecule has 0 saturated carbocycles. The van der Waals surface area contributed by atoms with Gasteiger partial charge in [0.25, 0.3) is 0 Å². The van der Waals surface area contributed by atoms with Crippen molar-refractivity contribution in [2.24, 2.45) is 0 Å². The van der Waals surface area contributed by atoms with Gasteiger partial charge in [-0.05, 0) is 18.2 Å². The van der Waals surface area contributed by atoms with E-state index >= 15 is 0 Å². The van der Waals surface area contributed by atoms with Gasteiger partial charge in [-0.15, -0.1) is 22.9 Å². The Hall–Kier alpha value is -1.65. The first-order valence-corrected chi connectivity index (χ1v) is 7.43. The van der Waals surface area contributed by atoms with E-state index in [0.29, 0.717) is 5.56 Å². The molecule has 2 nitrogen and oxygen atoms in total. The van der Waals surface area contributed by atoms with E-state index in [0.717, 1.165) is 15.2 Å². The number of halogens is 2. The van der Waals surface area contributed by atoms with E-state index in [4.69, 9.17) is 16.3 Å². The number of fused-ring (bicyclic) bond motifs is 1. The van der Waals surface area contributed by atoms with Gasteiger partial charge in [-0.25, -0.2) is 9.37 Å². The fourth-order valence-electron chi connectivity index (χ4n) is 1.94. The van der Waals surface area contributed by atoms with Gasteiger partial charge in [0, 0.05) is 5.56 Å². The molecular weight excluding hydrogens is 297 g/mol. The van der Waals surface area contributed by atoms with E-state index in [9.17, 15) is 4.39 Å². The highest BCUT2D eigenvalue weighted by molar-refractivity contribution is 7.18. The number of para-hydroxylation sites is 2. The van der Waals surface area contributed by atoms with Crippen LogP contribution >= 0.6 is 22.9 Å². The second-order valence-corrected chi connectivity index (χ2v) is 5.61. The van der Waals surface area contributed by atoms with Crippen molar-refractivity contribution in [1.82, 2.24) is 4.98 Å². The number of rotatable bonds is 4. The predicted octanol–water partition coefficient (Wildman–Crippen LogP) is 4.75. The van der Waals surface area contributed by atoms with Gasteiger partial charge in [0.15, 0.2) is 11.6 Å². The van der Waals surface area contributed by atoms with Crippen molar-refractivity contribution in [3.63, 3.8) is 0 Å². The minimum absolute atomic E-state index is 0.210. The summed E-state index contributed by atoms with van der Waals surface area (Å²) in [4.78, 5) is 4.45. The van der Waals surface area contributed by atoms with Crippen molar-refractivity contribution in [1.29, 1.82) is 0 Å². The molecule has 0 aliphatic carbocycles. The minimum Gasteiger partial charge on any atom is -0.483 e. The Morgan fingerprint density at radius 2 is 2.00 bits per heavy atom. The van der Waals surface area contributed by atoms with Gasteiger partial charge in [-0.2, -0.15) is 0 Å². The van der Waals surface area contributed by atoms with E-state index in [-0.39, 0.29) is 18.2 Å². The molecule has 5 heteroatoms. The number of ether oxygens (including phenoxy) is 1. The van der Waals surface area contributed by atoms with Crippen LogP contribution in [-0.4, -0.2) is 4.98 Å². The van der Waals surface area contributed by atoms with Gasteiger partial charge in [0.1, 0.15) is 11.6 Å². The molecule has 20 heavy (non-hydrogen) atoms. The first-order valence-electron chi connectivity index (χ1n) is 6.08. The van der Waals surface area contributed by atoms with E-state index in [1.54, 1.807) is 23.5 Å². The maximum absolute atomic E-state index is 13.7. The number of hydrogen-bond donors (Lipinski definition) is 0. The van der Waals surface area contributed by atoms with Crippen molar-refractivity contribution in [3.8, 4) is 5.75 Å². The summed E-state index contributed by atoms with van der Waals surface area (Å²) in [6, 6.07) is 12.6. The lowest BCUT2D eigenvalue weighted by atomic mass is 10.2. The standard InChI is InChI=1S/C15H11ClFNOS/c16-8-10-4-3-5-11(17)15(10)19-9-14-18-12-6-1-2-7-13(12)20-14/h1-7H,8-9H2. The molecule has 3 rings (SSSR count). The number of alkyl halides is 1. The second kappa shape index (κ2) is 5.77. The lowest BCUT2D eigenvalue weighted by Gasteiger charge is -2.09. The molecule has 0 fully saturated rings. The van der Waals surface area contributed by atoms with Crippen LogP contribution in [0.5, 0.6) is 5.75 Å². The number of benzene rings is 2. The SMILES string of the molecule is Fc1cccc(CCl)c1OCc1nc2ccccc2s1. The molecule has 0 amide bonds. The van der Waals surface area contributed by atoms with Crippen LogP contribution in [0, 0.1) is 5.82 Å². The topological polar surface area (TPSA) is 22.1 Å². The van der Waals surface area contributed by atoms with Crippen LogP contribution < -0.4 is 4.74 Å². The van der Waals surface area contributed by atoms with Crippen LogP contribution in [0.1, 0.15) is 10.6 Å². The van der Waals surface area contributed by atoms with Gasteiger partial charge in [-0.1, -0.05) is 24.3 Å². The summed E-state index contributed by atoms with van der Waals surface area (Å²) in [6.07, 6.45) is 0. The van der Waals surface area contributed by atoms with Crippen LogP contribution in [-0.2, 0) is 12.5 Å². The van der Waals surface area contributed by atoms with Crippen LogP contribution in [0.15, 0.2) is 42.5 Å². The van der Waals surface area contributed by atoms with Gasteiger partial charge in [0.05, 0.1) is 16.1 Å². The number of hydrogen-bond acceptors (Lipinski definition) is 3. The Kier molecular flexibility index (Phi) is 3.85. The molecule has 0 radical (unpaired) electrons. The molecule has 2 aromatic carbocycles. The lowest BCUT2D eigenvalue weighted by Crippen LogP contribution is -1.99. The average molecular weight is 308 g/mol. The van der Waals surface area contributed by atoms with Gasteiger partial charge >= 0.3 is 0 Å². The van der Waals surface area contributed by atoms with Crippen molar-refractivity contribution in [2.45, 2.75) is 12.5 Å². The molecule has 0 saturated heterocycles. The zero-order valence-electron chi connectivity index (χ0n) is 10.5. The first-order chi connectivity index (χ1) is 9.78. The van der Waals surface area contributed by atoms with Crippen molar-refractivity contribution in [2.75, 3.05) is 0 Å². The largest absolute Gasteiger partial charge is 0.483 e. The third kappa shape index (κ3) is 2.62. The third-order valence-electron chi connectivity index (χ3n) is 2.87. The smallest absolute Gasteiger partial charge is 0.165 e. The Labute approximate surface area is 124 Å². The van der Waals surface area contributed by atoms with Crippen molar-refractivity contribution >= 4 is 33.2 Å². The summed E-state index contributed by atoms with van der Waals surface area (Å²) in [6.45, 7) is 0.240. The highest BCUT2D eigenvalue weighted by Gasteiger charge is 2.11. The van der Waals surface area contributed by atoms with Crippen LogP contribution in [0.2, 0.25) is 0 Å². The summed E-state index contributed by atoms with van der Waals surface area (Å²) in [5, 5.41) is 0.815. The van der Waals surface area contributed by atoms with E-state index < -0.39 is 5.82 Å². The molecule has 0 bridgehead atoms. The van der Waals surface area contributed by atoms with E-state index in [1.165, 1.54) is 6.07 Å². The third-order valence-corrected chi connectivity index (χ3v) is 4.17. The summed E-state index contributed by atoms with van der Waals surface area (Å²) in [5.74, 6) is 0.0263. The maximum atomic E-state index is 13.7. The number of nitrogens with zero attached hydrogens (tertiary/aromatic N) is 1. The van der Waals surface area contributed by atoms with Crippen LogP contribution in [0.4, 0.5) is 4.39 Å². The maximum Gasteiger partial charge on any atom is 0.165 e. The molecule has 0 unspecified atom stereocenters. The Balaban J connectivity index is 1.82. The summed E-state index contributed by atoms with van der Waals surface area (Å²) >= 11 is 7.33. The van der Waals surface area contributed by atoms with Crippen molar-refractivity contribution in [3.05, 3.63) is 58.9 Å². The first kappa shape index (κ1) is 13.3. The van der Waals surface area contributed by atoms with Crippen molar-refractivity contribution < 1.29 is 9.13 Å². The quantitative estimate of drug-likeness (QED) is 0.649. The van der Waals surface area contributed by atoms with E-state index in [2.05, 4.69) is 4.98 Å². The fourth-order valence-corrected chi connectivity index (χ4v) is 3.03. The summed E-state index contributed by atoms with van der Waals surface area (Å²) in [5.41, 5.74) is 1.58. The highest BCUT2D eigenvalue weighted by Crippen LogP contribution is 2.27. The molecule has 3 aromatic rings. The molecule has 0 atom stereocenters. The summed E-state index contributed by atoms with van der Waals surface area (Å²) < 4.78 is 20.4. The zero-order chi connectivity index (χ0) is 13.9. The lowest BCUT2D eigenvalue weighted by molar-refractivity contribution is 0.287. The molecular formula is C15H11ClFNOS. The molecule has 102 valence electrons. The molecule has 0 spiro atoms. The van der Waals surface area contributed by atoms with Gasteiger partial charge in [-0.3, -0.25) is 0 Å². The molecule has 0 aliphatic rings. The summed E-state index contributed by atoms with van der Waals surface area (Å²) in [7, 11) is 0. The minimum atomic E-state index is -0.399. The molecule has 1 heterocycles. The number of aromatic nitrogens is 1. The Morgan fingerprint density at radius 1 is 1.15 bits per heavy atom. The Morgan fingerprint density at radius 3 is 2.80 bits per heavy atom. The molecule has 1 aromatic heterocycles. The van der Waals surface area contributed by atoms with E-state index in [1.807, 2.05) is 24.3 Å². The molecule has 0 N–H and O–H groups in total. The van der Waals surface area contributed by atoms with Crippen LogP contribution in [0.25, 0.3) is 10.2 Å². The normalized spacial score (nSPS) is 10.9.